The summed E-state index contributed by atoms with van der Waals surface area (Å²) in [5, 5.41) is 8.94. The number of halogens is 1. The Bertz CT molecular complexity index is 745. The molecule has 4 aliphatic rings. The quantitative estimate of drug-likeness (QED) is 0.622. The fourth-order valence-corrected chi connectivity index (χ4v) is 5.69. The Balaban J connectivity index is 1.43. The van der Waals surface area contributed by atoms with Crippen LogP contribution >= 0.6 is 15.9 Å². The number of carbonyl (C=O) groups excluding carboxylic acids is 2. The fourth-order valence-electron chi connectivity index (χ4n) is 5.42. The van der Waals surface area contributed by atoms with E-state index in [1.807, 2.05) is 12.1 Å². The molecule has 0 spiro atoms. The van der Waals surface area contributed by atoms with Crippen LogP contribution in [0.25, 0.3) is 0 Å². The van der Waals surface area contributed by atoms with E-state index in [0.717, 1.165) is 21.5 Å². The third kappa shape index (κ3) is 1.68. The number of anilines is 1. The molecule has 124 valence electrons. The number of likely N-dealkylation sites (tertiary alicyclic amines) is 1. The maximum absolute atomic E-state index is 12.6. The molecule has 1 aromatic carbocycles. The topological polar surface area (TPSA) is 77.7 Å². The van der Waals surface area contributed by atoms with E-state index in [1.54, 1.807) is 0 Å². The first-order chi connectivity index (χ1) is 11.5. The second kappa shape index (κ2) is 4.59. The Kier molecular flexibility index (Phi) is 2.77. The van der Waals surface area contributed by atoms with Crippen LogP contribution in [0.3, 0.4) is 0 Å². The highest BCUT2D eigenvalue weighted by Crippen LogP contribution is 2.66. The number of rotatable bonds is 3. The predicted molar refractivity (Wildman–Crippen MR) is 87.1 cm³/mol. The molecule has 6 atom stereocenters. The van der Waals surface area contributed by atoms with Crippen molar-refractivity contribution in [2.75, 3.05) is 11.4 Å². The van der Waals surface area contributed by atoms with Gasteiger partial charge in [0.25, 0.3) is 0 Å². The highest BCUT2D eigenvalue weighted by Gasteiger charge is 2.75. The van der Waals surface area contributed by atoms with Gasteiger partial charge in [-0.25, -0.2) is 0 Å². The van der Waals surface area contributed by atoms with Crippen LogP contribution in [0.15, 0.2) is 28.7 Å². The van der Waals surface area contributed by atoms with Crippen LogP contribution < -0.4 is 4.90 Å². The maximum Gasteiger partial charge on any atom is 0.323 e. The van der Waals surface area contributed by atoms with Gasteiger partial charge in [0.1, 0.15) is 6.54 Å². The van der Waals surface area contributed by atoms with Crippen molar-refractivity contribution >= 4 is 39.4 Å². The van der Waals surface area contributed by atoms with Gasteiger partial charge >= 0.3 is 5.97 Å². The minimum absolute atomic E-state index is 0.170. The molecular formula is C17H15BrN2O4. The first-order valence-corrected chi connectivity index (χ1v) is 8.89. The van der Waals surface area contributed by atoms with E-state index in [-0.39, 0.29) is 35.5 Å². The Hall–Kier alpha value is -1.89. The van der Waals surface area contributed by atoms with E-state index in [4.69, 9.17) is 5.11 Å². The second-order valence-corrected chi connectivity index (χ2v) is 8.05. The molecule has 0 unspecified atom stereocenters. The number of nitrogens with zero attached hydrogens (tertiary/aromatic N) is 2. The monoisotopic (exact) mass is 390 g/mol. The summed E-state index contributed by atoms with van der Waals surface area (Å²) in [6.45, 7) is -0.504. The number of carboxylic acids is 1. The van der Waals surface area contributed by atoms with Crippen molar-refractivity contribution in [3.8, 4) is 0 Å². The van der Waals surface area contributed by atoms with Gasteiger partial charge in [-0.2, -0.15) is 0 Å². The Morgan fingerprint density at radius 3 is 2.12 bits per heavy atom. The van der Waals surface area contributed by atoms with E-state index in [9.17, 15) is 14.4 Å². The smallest absolute Gasteiger partial charge is 0.323 e. The number of benzene rings is 1. The average molecular weight is 391 g/mol. The van der Waals surface area contributed by atoms with Crippen LogP contribution in [0, 0.1) is 23.7 Å². The van der Waals surface area contributed by atoms with Gasteiger partial charge < -0.3 is 10.0 Å². The maximum atomic E-state index is 12.6. The minimum atomic E-state index is -1.13. The number of amides is 2. The summed E-state index contributed by atoms with van der Waals surface area (Å²) < 4.78 is 1.02. The lowest BCUT2D eigenvalue weighted by Gasteiger charge is -2.19. The standard InChI is InChI=1S/C17H15BrN2O4/c18-7-1-3-8(4-2-7)20-14-9-5-10(15(14)20)13-12(9)16(23)19(17(13)24)6-11(21)22/h1-4,9-10,12-15H,5-6H2,(H,21,22)/t9-,10+,12-,13+,14-,15-,20?/m0/s1. The lowest BCUT2D eigenvalue weighted by Crippen LogP contribution is -2.38. The van der Waals surface area contributed by atoms with E-state index in [1.165, 1.54) is 0 Å². The first kappa shape index (κ1) is 14.5. The minimum Gasteiger partial charge on any atom is -0.480 e. The van der Waals surface area contributed by atoms with E-state index < -0.39 is 12.5 Å². The van der Waals surface area contributed by atoms with Crippen molar-refractivity contribution in [1.82, 2.24) is 4.90 Å². The molecule has 4 fully saturated rings. The molecule has 1 aromatic rings. The first-order valence-electron chi connectivity index (χ1n) is 8.10. The van der Waals surface area contributed by atoms with Gasteiger partial charge in [0.15, 0.2) is 0 Å². The molecule has 0 aromatic heterocycles. The summed E-state index contributed by atoms with van der Waals surface area (Å²) in [4.78, 5) is 39.4. The van der Waals surface area contributed by atoms with Crippen LogP contribution in [-0.4, -0.2) is 46.4 Å². The number of hydrogen-bond acceptors (Lipinski definition) is 4. The van der Waals surface area contributed by atoms with Gasteiger partial charge in [-0.1, -0.05) is 15.9 Å². The Morgan fingerprint density at radius 2 is 1.62 bits per heavy atom. The summed E-state index contributed by atoms with van der Waals surface area (Å²) in [7, 11) is 0. The molecule has 2 aliphatic heterocycles. The lowest BCUT2D eigenvalue weighted by molar-refractivity contribution is -0.150. The number of aliphatic carboxylic acids is 1. The van der Waals surface area contributed by atoms with Crippen molar-refractivity contribution in [2.24, 2.45) is 23.7 Å². The van der Waals surface area contributed by atoms with Gasteiger partial charge in [0.2, 0.25) is 11.8 Å². The molecule has 0 radical (unpaired) electrons. The van der Waals surface area contributed by atoms with Gasteiger partial charge in [0.05, 0.1) is 23.9 Å². The molecule has 1 N–H and O–H groups in total. The van der Waals surface area contributed by atoms with Crippen LogP contribution in [0.1, 0.15) is 6.42 Å². The van der Waals surface area contributed by atoms with Crippen LogP contribution in [-0.2, 0) is 14.4 Å². The molecule has 24 heavy (non-hydrogen) atoms. The molecule has 2 saturated carbocycles. The summed E-state index contributed by atoms with van der Waals surface area (Å²) >= 11 is 3.43. The number of carbonyl (C=O) groups is 3. The van der Waals surface area contributed by atoms with Crippen LogP contribution in [0.5, 0.6) is 0 Å². The number of piperidine rings is 1. The van der Waals surface area contributed by atoms with Gasteiger partial charge in [-0.3, -0.25) is 19.3 Å². The van der Waals surface area contributed by atoms with Gasteiger partial charge in [-0.15, -0.1) is 0 Å². The predicted octanol–water partition coefficient (Wildman–Crippen LogP) is 1.34. The lowest BCUT2D eigenvalue weighted by atomic mass is 9.81. The van der Waals surface area contributed by atoms with E-state index in [2.05, 4.69) is 33.0 Å². The van der Waals surface area contributed by atoms with E-state index in [0.29, 0.717) is 12.1 Å². The average Bonchev–Trinajstić information content (AvgIpc) is 2.90. The zero-order chi connectivity index (χ0) is 16.7. The number of hydrogen-bond donors (Lipinski definition) is 1. The molecule has 7 heteroatoms. The molecule has 2 bridgehead atoms. The van der Waals surface area contributed by atoms with Crippen LogP contribution in [0.4, 0.5) is 5.69 Å². The third-order valence-electron chi connectivity index (χ3n) is 6.15. The van der Waals surface area contributed by atoms with Gasteiger partial charge in [0, 0.05) is 10.2 Å². The summed E-state index contributed by atoms with van der Waals surface area (Å²) in [5.41, 5.74) is 1.13. The van der Waals surface area contributed by atoms with Crippen LogP contribution in [0.2, 0.25) is 0 Å². The van der Waals surface area contributed by atoms with Gasteiger partial charge in [-0.05, 0) is 42.5 Å². The van der Waals surface area contributed by atoms with Crippen molar-refractivity contribution < 1.29 is 19.5 Å². The molecule has 2 saturated heterocycles. The number of fused-ring (bicyclic) bond motifs is 8. The zero-order valence-corrected chi connectivity index (χ0v) is 14.2. The SMILES string of the molecule is O=C(O)CN1C(=O)[C@@H]2[C@H]3C[C@@H]([C@@H]2C1=O)[C@H]1[C@H]3N1c1ccc(Br)cc1. The second-order valence-electron chi connectivity index (χ2n) is 7.14. The number of carboxylic acid groups (broad SMARTS) is 1. The normalized spacial score (nSPS) is 38.5. The third-order valence-corrected chi connectivity index (χ3v) is 6.68. The molecule has 2 heterocycles. The van der Waals surface area contributed by atoms with Crippen molar-refractivity contribution in [3.05, 3.63) is 28.7 Å². The van der Waals surface area contributed by atoms with E-state index >= 15 is 0 Å². The molecule has 2 aliphatic carbocycles. The Morgan fingerprint density at radius 1 is 1.08 bits per heavy atom. The summed E-state index contributed by atoms with van der Waals surface area (Å²) in [6, 6.07) is 8.74. The molecule has 5 rings (SSSR count). The zero-order valence-electron chi connectivity index (χ0n) is 12.6. The number of imide groups is 1. The fraction of sp³-hybridized carbons (Fsp3) is 0.471. The summed E-state index contributed by atoms with van der Waals surface area (Å²) in [5.74, 6) is -1.98. The molecule has 2 amide bonds. The summed E-state index contributed by atoms with van der Waals surface area (Å²) in [6.07, 6.45) is 0.913. The highest BCUT2D eigenvalue weighted by atomic mass is 79.9. The van der Waals surface area contributed by atoms with Crippen molar-refractivity contribution in [3.63, 3.8) is 0 Å². The molecular weight excluding hydrogens is 376 g/mol. The highest BCUT2D eigenvalue weighted by molar-refractivity contribution is 9.10. The van der Waals surface area contributed by atoms with Crippen molar-refractivity contribution in [1.29, 1.82) is 0 Å². The molecule has 6 nitrogen and oxygen atoms in total. The largest absolute Gasteiger partial charge is 0.480 e. The van der Waals surface area contributed by atoms with Crippen molar-refractivity contribution in [2.45, 2.75) is 18.5 Å². The Labute approximate surface area is 146 Å².